The molecule has 0 aromatic heterocycles. The van der Waals surface area contributed by atoms with Gasteiger partial charge in [0.2, 0.25) is 0 Å². The molecule has 71 valence electrons. The van der Waals surface area contributed by atoms with Crippen molar-refractivity contribution in [2.75, 3.05) is 0 Å². The van der Waals surface area contributed by atoms with Gasteiger partial charge >= 0.3 is 17.2 Å². The van der Waals surface area contributed by atoms with Crippen LogP contribution in [0.15, 0.2) is 0 Å². The van der Waals surface area contributed by atoms with Gasteiger partial charge in [0.05, 0.1) is 0 Å². The fourth-order valence-corrected chi connectivity index (χ4v) is 0.361. The number of hydrogen-bond acceptors (Lipinski definition) is 1. The summed E-state index contributed by atoms with van der Waals surface area (Å²) in [5, 5.41) is -5.49. The van der Waals surface area contributed by atoms with E-state index in [0.717, 1.165) is 0 Å². The molecule has 0 saturated heterocycles. The molecular formula is C4ClF6O. The van der Waals surface area contributed by atoms with Crippen molar-refractivity contribution in [3.05, 3.63) is 0 Å². The van der Waals surface area contributed by atoms with Crippen LogP contribution in [0.3, 0.4) is 0 Å². The monoisotopic (exact) mass is 213 g/mol. The molecule has 0 atom stereocenters. The molecule has 0 rings (SSSR count). The van der Waals surface area contributed by atoms with Crippen LogP contribution in [0.5, 0.6) is 0 Å². The van der Waals surface area contributed by atoms with Crippen LogP contribution in [0.25, 0.3) is 0 Å². The van der Waals surface area contributed by atoms with Gasteiger partial charge in [0.25, 0.3) is 6.29 Å². The van der Waals surface area contributed by atoms with Crippen LogP contribution in [0.2, 0.25) is 0 Å². The minimum Gasteiger partial charge on any atom is -0.283 e. The first-order valence-corrected chi connectivity index (χ1v) is 2.65. The second kappa shape index (κ2) is 2.79. The van der Waals surface area contributed by atoms with Gasteiger partial charge in [-0.15, -0.1) is 0 Å². The lowest BCUT2D eigenvalue weighted by atomic mass is 10.2. The molecule has 0 N–H and O–H groups in total. The summed E-state index contributed by atoms with van der Waals surface area (Å²) in [6, 6.07) is 0. The Bertz CT molecular complexity index is 184. The van der Waals surface area contributed by atoms with Crippen molar-refractivity contribution in [1.29, 1.82) is 0 Å². The molecule has 0 saturated carbocycles. The lowest BCUT2D eigenvalue weighted by molar-refractivity contribution is -0.250. The minimum atomic E-state index is -5.94. The Labute approximate surface area is 67.3 Å². The van der Waals surface area contributed by atoms with Crippen LogP contribution in [-0.2, 0) is 4.79 Å². The number of halogens is 7. The van der Waals surface area contributed by atoms with Crippen LogP contribution in [0, 0.1) is 0 Å². The van der Waals surface area contributed by atoms with Gasteiger partial charge in [-0.1, -0.05) is 0 Å². The van der Waals surface area contributed by atoms with Crippen molar-refractivity contribution >= 4 is 17.9 Å². The summed E-state index contributed by atoms with van der Waals surface area (Å²) in [7, 11) is 0. The second-order valence-electron chi connectivity index (χ2n) is 1.75. The van der Waals surface area contributed by atoms with Crippen LogP contribution >= 0.6 is 11.6 Å². The van der Waals surface area contributed by atoms with Gasteiger partial charge in [-0.25, -0.2) is 0 Å². The Morgan fingerprint density at radius 3 is 1.42 bits per heavy atom. The lowest BCUT2D eigenvalue weighted by Gasteiger charge is -2.24. The van der Waals surface area contributed by atoms with Crippen molar-refractivity contribution in [2.24, 2.45) is 0 Å². The summed E-state index contributed by atoms with van der Waals surface area (Å²) in [5.41, 5.74) is 0. The predicted molar refractivity (Wildman–Crippen MR) is 26.4 cm³/mol. The zero-order chi connectivity index (χ0) is 10.2. The molecule has 0 aromatic rings. The third kappa shape index (κ3) is 1.65. The van der Waals surface area contributed by atoms with E-state index in [1.165, 1.54) is 0 Å². The highest BCUT2D eigenvalue weighted by atomic mass is 35.5. The first-order valence-electron chi connectivity index (χ1n) is 2.28. The quantitative estimate of drug-likeness (QED) is 0.519. The first-order chi connectivity index (χ1) is 5.06. The highest BCUT2D eigenvalue weighted by molar-refractivity contribution is 6.22. The summed E-state index contributed by atoms with van der Waals surface area (Å²) in [4.78, 5) is 9.17. The third-order valence-corrected chi connectivity index (χ3v) is 1.12. The Morgan fingerprint density at radius 1 is 1.00 bits per heavy atom. The lowest BCUT2D eigenvalue weighted by Crippen LogP contribution is -2.52. The van der Waals surface area contributed by atoms with E-state index >= 15 is 0 Å². The average molecular weight is 213 g/mol. The smallest absolute Gasteiger partial charge is 0.283 e. The molecule has 0 spiro atoms. The van der Waals surface area contributed by atoms with Crippen molar-refractivity contribution < 1.29 is 31.1 Å². The van der Waals surface area contributed by atoms with E-state index in [2.05, 4.69) is 11.6 Å². The van der Waals surface area contributed by atoms with Gasteiger partial charge in [-0.05, 0) is 11.6 Å². The highest BCUT2D eigenvalue weighted by Crippen LogP contribution is 2.46. The van der Waals surface area contributed by atoms with Gasteiger partial charge in [0, 0.05) is 0 Å². The maximum Gasteiger partial charge on any atom is 0.394 e. The molecular weight excluding hydrogens is 213 g/mol. The summed E-state index contributed by atoms with van der Waals surface area (Å²) in [6.45, 7) is 0. The zero-order valence-electron chi connectivity index (χ0n) is 5.05. The summed E-state index contributed by atoms with van der Waals surface area (Å²) < 4.78 is 70.1. The normalized spacial score (nSPS) is 14.6. The summed E-state index contributed by atoms with van der Waals surface area (Å²) in [6.07, 6.45) is -0.510. The number of alkyl halides is 7. The maximum atomic E-state index is 11.8. The topological polar surface area (TPSA) is 17.1 Å². The number of rotatable bonds is 3. The first kappa shape index (κ1) is 11.5. The Hall–Kier alpha value is -0.460. The molecule has 0 bridgehead atoms. The van der Waals surface area contributed by atoms with Gasteiger partial charge in [0.1, 0.15) is 0 Å². The second-order valence-corrected chi connectivity index (χ2v) is 2.22. The molecule has 0 aliphatic carbocycles. The van der Waals surface area contributed by atoms with Crippen molar-refractivity contribution in [3.63, 3.8) is 0 Å². The number of hydrogen-bond donors (Lipinski definition) is 0. The van der Waals surface area contributed by atoms with E-state index in [4.69, 9.17) is 0 Å². The van der Waals surface area contributed by atoms with Crippen molar-refractivity contribution in [3.8, 4) is 0 Å². The van der Waals surface area contributed by atoms with Crippen LogP contribution in [0.1, 0.15) is 0 Å². The van der Waals surface area contributed by atoms with Gasteiger partial charge in [0.15, 0.2) is 0 Å². The molecule has 1 radical (unpaired) electrons. The fraction of sp³-hybridized carbons (Fsp3) is 0.750. The maximum absolute atomic E-state index is 11.8. The largest absolute Gasteiger partial charge is 0.394 e. The molecule has 0 aromatic carbocycles. The molecule has 0 unspecified atom stereocenters. The molecule has 1 nitrogen and oxygen atoms in total. The van der Waals surface area contributed by atoms with E-state index < -0.39 is 23.5 Å². The van der Waals surface area contributed by atoms with Gasteiger partial charge < -0.3 is 0 Å². The van der Waals surface area contributed by atoms with Gasteiger partial charge in [-0.2, -0.15) is 26.3 Å². The molecule has 0 amide bonds. The average Bonchev–Trinajstić information content (AvgIpc) is 1.85. The van der Waals surface area contributed by atoms with E-state index in [0.29, 0.717) is 0 Å². The van der Waals surface area contributed by atoms with E-state index in [9.17, 15) is 31.1 Å². The molecule has 8 heteroatoms. The Balaban J connectivity index is 4.97. The Kier molecular flexibility index (Phi) is 2.68. The fourth-order valence-electron chi connectivity index (χ4n) is 0.242. The molecule has 0 aliphatic rings. The van der Waals surface area contributed by atoms with Gasteiger partial charge in [-0.3, -0.25) is 4.79 Å². The summed E-state index contributed by atoms with van der Waals surface area (Å²) in [5.74, 6) is -11.5. The third-order valence-electron chi connectivity index (χ3n) is 0.879. The predicted octanol–water partition coefficient (Wildman–Crippen LogP) is 2.20. The van der Waals surface area contributed by atoms with Crippen LogP contribution in [0.4, 0.5) is 26.3 Å². The van der Waals surface area contributed by atoms with Crippen LogP contribution < -0.4 is 0 Å². The number of carbonyl (C=O) groups excluding carboxylic acids is 1. The van der Waals surface area contributed by atoms with Crippen molar-refractivity contribution in [1.82, 2.24) is 0 Å². The van der Waals surface area contributed by atoms with Crippen molar-refractivity contribution in [2.45, 2.75) is 17.2 Å². The SMILES string of the molecule is O=[C]C(F)(F)C(F)(F)C(F)(F)Cl. The van der Waals surface area contributed by atoms with E-state index in [-0.39, 0.29) is 0 Å². The van der Waals surface area contributed by atoms with E-state index in [1.807, 2.05) is 0 Å². The molecule has 0 fully saturated rings. The highest BCUT2D eigenvalue weighted by Gasteiger charge is 2.72. The molecule has 0 aliphatic heterocycles. The summed E-state index contributed by atoms with van der Waals surface area (Å²) >= 11 is 3.65. The standard InChI is InChI=1S/C4ClF6O/c5-4(10,11)3(8,9)2(6,7)1-12. The van der Waals surface area contributed by atoms with E-state index in [1.54, 1.807) is 0 Å². The zero-order valence-corrected chi connectivity index (χ0v) is 5.81. The minimum absolute atomic E-state index is 0.510. The molecule has 12 heavy (non-hydrogen) atoms. The molecule has 0 heterocycles. The Morgan fingerprint density at radius 2 is 1.33 bits per heavy atom. The van der Waals surface area contributed by atoms with Crippen LogP contribution in [-0.4, -0.2) is 23.5 Å².